The van der Waals surface area contributed by atoms with Crippen LogP contribution in [-0.4, -0.2) is 23.2 Å². The molecular formula is C18H16ClNO3. The lowest BCUT2D eigenvalue weighted by molar-refractivity contribution is 0.0915. The van der Waals surface area contributed by atoms with E-state index < -0.39 is 0 Å². The van der Waals surface area contributed by atoms with Crippen molar-refractivity contribution in [1.82, 2.24) is 4.98 Å². The number of nitrogens with zero attached hydrogens (tertiary/aromatic N) is 1. The SMILES string of the molecule is O=C(CCC(=O)c1ncccc1Cl)c1ccc2c(c1)CCCO2. The Labute approximate surface area is 139 Å². The van der Waals surface area contributed by atoms with Crippen molar-refractivity contribution in [2.24, 2.45) is 0 Å². The van der Waals surface area contributed by atoms with Gasteiger partial charge < -0.3 is 4.74 Å². The molecule has 0 atom stereocenters. The Morgan fingerprint density at radius 3 is 2.83 bits per heavy atom. The molecule has 1 aromatic carbocycles. The minimum atomic E-state index is -0.217. The quantitative estimate of drug-likeness (QED) is 0.780. The molecule has 1 aliphatic heterocycles. The Morgan fingerprint density at radius 1 is 1.17 bits per heavy atom. The van der Waals surface area contributed by atoms with E-state index in [4.69, 9.17) is 16.3 Å². The average molecular weight is 330 g/mol. The van der Waals surface area contributed by atoms with Gasteiger partial charge in [-0.05, 0) is 48.7 Å². The Balaban J connectivity index is 1.66. The molecule has 0 saturated carbocycles. The van der Waals surface area contributed by atoms with Gasteiger partial charge in [0.2, 0.25) is 0 Å². The van der Waals surface area contributed by atoms with Crippen LogP contribution in [0.2, 0.25) is 5.02 Å². The smallest absolute Gasteiger partial charge is 0.183 e. The zero-order valence-electron chi connectivity index (χ0n) is 12.5. The highest BCUT2D eigenvalue weighted by molar-refractivity contribution is 6.33. The van der Waals surface area contributed by atoms with E-state index >= 15 is 0 Å². The molecule has 0 fully saturated rings. The first kappa shape index (κ1) is 15.7. The molecule has 0 unspecified atom stereocenters. The maximum atomic E-state index is 12.3. The Morgan fingerprint density at radius 2 is 2.00 bits per heavy atom. The minimum absolute atomic E-state index is 0.0567. The van der Waals surface area contributed by atoms with Crippen LogP contribution in [0.4, 0.5) is 0 Å². The largest absolute Gasteiger partial charge is 0.493 e. The van der Waals surface area contributed by atoms with E-state index in [0.29, 0.717) is 10.6 Å². The number of aromatic nitrogens is 1. The number of ketones is 2. The number of halogens is 1. The van der Waals surface area contributed by atoms with Crippen LogP contribution in [-0.2, 0) is 6.42 Å². The number of fused-ring (bicyclic) bond motifs is 1. The monoisotopic (exact) mass is 329 g/mol. The van der Waals surface area contributed by atoms with Gasteiger partial charge in [0.05, 0.1) is 11.6 Å². The molecule has 0 N–H and O–H groups in total. The maximum Gasteiger partial charge on any atom is 0.183 e. The summed E-state index contributed by atoms with van der Waals surface area (Å²) < 4.78 is 5.54. The molecule has 0 spiro atoms. The fourth-order valence-electron chi connectivity index (χ4n) is 2.61. The molecule has 2 heterocycles. The van der Waals surface area contributed by atoms with Gasteiger partial charge in [-0.25, -0.2) is 0 Å². The molecular weight excluding hydrogens is 314 g/mol. The predicted molar refractivity (Wildman–Crippen MR) is 87.4 cm³/mol. The number of aryl methyl sites for hydroxylation is 1. The van der Waals surface area contributed by atoms with Gasteiger partial charge in [0.15, 0.2) is 11.6 Å². The van der Waals surface area contributed by atoms with Gasteiger partial charge in [-0.3, -0.25) is 14.6 Å². The molecule has 23 heavy (non-hydrogen) atoms. The van der Waals surface area contributed by atoms with E-state index in [2.05, 4.69) is 4.98 Å². The summed E-state index contributed by atoms with van der Waals surface area (Å²) in [6.45, 7) is 0.722. The Bertz CT molecular complexity index is 758. The van der Waals surface area contributed by atoms with E-state index in [9.17, 15) is 9.59 Å². The first-order valence-corrected chi connectivity index (χ1v) is 7.95. The number of pyridine rings is 1. The first-order chi connectivity index (χ1) is 11.1. The molecule has 5 heteroatoms. The zero-order chi connectivity index (χ0) is 16.2. The summed E-state index contributed by atoms with van der Waals surface area (Å²) in [6.07, 6.45) is 3.64. The second-order valence-electron chi connectivity index (χ2n) is 5.45. The second-order valence-corrected chi connectivity index (χ2v) is 5.86. The third-order valence-corrected chi connectivity index (χ3v) is 4.14. The second kappa shape index (κ2) is 6.92. The summed E-state index contributed by atoms with van der Waals surface area (Å²) in [5.74, 6) is 0.577. The lowest BCUT2D eigenvalue weighted by Gasteiger charge is -2.17. The lowest BCUT2D eigenvalue weighted by Crippen LogP contribution is -2.11. The van der Waals surface area contributed by atoms with E-state index in [-0.39, 0.29) is 30.1 Å². The summed E-state index contributed by atoms with van der Waals surface area (Å²) in [5, 5.41) is 0.316. The molecule has 0 amide bonds. The van der Waals surface area contributed by atoms with Crippen LogP contribution in [0.3, 0.4) is 0 Å². The number of carbonyl (C=O) groups excluding carboxylic acids is 2. The van der Waals surface area contributed by atoms with Crippen molar-refractivity contribution in [2.75, 3.05) is 6.61 Å². The van der Waals surface area contributed by atoms with Crippen molar-refractivity contribution >= 4 is 23.2 Å². The first-order valence-electron chi connectivity index (χ1n) is 7.58. The van der Waals surface area contributed by atoms with Gasteiger partial charge in [0.25, 0.3) is 0 Å². The van der Waals surface area contributed by atoms with Crippen molar-refractivity contribution in [3.05, 3.63) is 58.4 Å². The van der Waals surface area contributed by atoms with Crippen LogP contribution < -0.4 is 4.74 Å². The number of hydrogen-bond donors (Lipinski definition) is 0. The number of Topliss-reactive ketones (excluding diaryl/α,β-unsaturated/α-hetero) is 2. The fourth-order valence-corrected chi connectivity index (χ4v) is 2.84. The molecule has 0 bridgehead atoms. The maximum absolute atomic E-state index is 12.3. The molecule has 4 nitrogen and oxygen atoms in total. The summed E-state index contributed by atoms with van der Waals surface area (Å²) in [4.78, 5) is 28.4. The van der Waals surface area contributed by atoms with Crippen LogP contribution in [0.15, 0.2) is 36.5 Å². The van der Waals surface area contributed by atoms with Gasteiger partial charge in [-0.15, -0.1) is 0 Å². The lowest BCUT2D eigenvalue weighted by atomic mass is 9.98. The summed E-state index contributed by atoms with van der Waals surface area (Å²) in [7, 11) is 0. The summed E-state index contributed by atoms with van der Waals surface area (Å²) in [5.41, 5.74) is 1.90. The van der Waals surface area contributed by atoms with E-state index in [1.807, 2.05) is 12.1 Å². The molecule has 0 radical (unpaired) electrons. The average Bonchev–Trinajstić information content (AvgIpc) is 2.59. The van der Waals surface area contributed by atoms with E-state index in [0.717, 1.165) is 30.8 Å². The predicted octanol–water partition coefficient (Wildman–Crippen LogP) is 3.91. The van der Waals surface area contributed by atoms with Gasteiger partial charge >= 0.3 is 0 Å². The fraction of sp³-hybridized carbons (Fsp3) is 0.278. The van der Waals surface area contributed by atoms with Gasteiger partial charge in [-0.2, -0.15) is 0 Å². The van der Waals surface area contributed by atoms with E-state index in [1.54, 1.807) is 18.2 Å². The highest BCUT2D eigenvalue weighted by Crippen LogP contribution is 2.26. The van der Waals surface area contributed by atoms with Crippen LogP contribution in [0.25, 0.3) is 0 Å². The van der Waals surface area contributed by atoms with Gasteiger partial charge in [0.1, 0.15) is 11.4 Å². The topological polar surface area (TPSA) is 56.3 Å². The van der Waals surface area contributed by atoms with Gasteiger partial charge in [-0.1, -0.05) is 11.6 Å². The summed E-state index contributed by atoms with van der Waals surface area (Å²) >= 11 is 5.95. The number of hydrogen-bond acceptors (Lipinski definition) is 4. The summed E-state index contributed by atoms with van der Waals surface area (Å²) in [6, 6.07) is 8.74. The van der Waals surface area contributed by atoms with Crippen molar-refractivity contribution in [3.63, 3.8) is 0 Å². The van der Waals surface area contributed by atoms with Crippen molar-refractivity contribution in [1.29, 1.82) is 0 Å². The molecule has 3 rings (SSSR count). The Kier molecular flexibility index (Phi) is 4.72. The Hall–Kier alpha value is -2.20. The molecule has 1 aromatic heterocycles. The van der Waals surface area contributed by atoms with Crippen molar-refractivity contribution in [3.8, 4) is 5.75 Å². The van der Waals surface area contributed by atoms with Gasteiger partial charge in [0, 0.05) is 24.6 Å². The zero-order valence-corrected chi connectivity index (χ0v) is 13.3. The highest BCUT2D eigenvalue weighted by atomic mass is 35.5. The van der Waals surface area contributed by atoms with Crippen molar-refractivity contribution in [2.45, 2.75) is 25.7 Å². The standard InChI is InChI=1S/C18H16ClNO3/c19-14-4-1-9-20-18(14)16(22)7-6-15(21)12-5-8-17-13(11-12)3-2-10-23-17/h1,4-5,8-9,11H,2-3,6-7,10H2. The number of rotatable bonds is 5. The van der Waals surface area contributed by atoms with Crippen molar-refractivity contribution < 1.29 is 14.3 Å². The minimum Gasteiger partial charge on any atom is -0.493 e. The number of benzene rings is 1. The van der Waals surface area contributed by atoms with Crippen LogP contribution in [0.1, 0.15) is 45.7 Å². The number of carbonyl (C=O) groups is 2. The van der Waals surface area contributed by atoms with Crippen LogP contribution in [0, 0.1) is 0 Å². The van der Waals surface area contributed by atoms with Crippen LogP contribution >= 0.6 is 11.6 Å². The normalized spacial score (nSPS) is 13.1. The molecule has 1 aliphatic rings. The van der Waals surface area contributed by atoms with Crippen LogP contribution in [0.5, 0.6) is 5.75 Å². The molecule has 2 aromatic rings. The third kappa shape index (κ3) is 3.59. The third-order valence-electron chi connectivity index (χ3n) is 3.83. The molecule has 0 aliphatic carbocycles. The number of ether oxygens (including phenoxy) is 1. The molecule has 0 saturated heterocycles. The highest BCUT2D eigenvalue weighted by Gasteiger charge is 2.17. The molecule has 118 valence electrons. The van der Waals surface area contributed by atoms with E-state index in [1.165, 1.54) is 6.20 Å².